The highest BCUT2D eigenvalue weighted by atomic mass is 32.2. The third-order valence-electron chi connectivity index (χ3n) is 5.07. The number of thioether (sulfide) groups is 1. The number of ether oxygens (including phenoxy) is 1. The predicted octanol–water partition coefficient (Wildman–Crippen LogP) is 6.16. The van der Waals surface area contributed by atoms with Gasteiger partial charge in [0.05, 0.1) is 18.6 Å². The Kier molecular flexibility index (Phi) is 6.51. The average Bonchev–Trinajstić information content (AvgIpc) is 3.36. The molecule has 0 bridgehead atoms. The molecule has 1 N–H and O–H groups in total. The predicted molar refractivity (Wildman–Crippen MR) is 138 cm³/mol. The summed E-state index contributed by atoms with van der Waals surface area (Å²) in [6.07, 6.45) is 0. The van der Waals surface area contributed by atoms with Crippen LogP contribution in [0.3, 0.4) is 0 Å². The molecule has 5 rings (SSSR count). The molecule has 2 aromatic heterocycles. The Labute approximate surface area is 205 Å². The molecule has 0 aliphatic carbocycles. The van der Waals surface area contributed by atoms with E-state index in [2.05, 4.69) is 10.3 Å². The van der Waals surface area contributed by atoms with E-state index in [1.807, 2.05) is 84.2 Å². The van der Waals surface area contributed by atoms with Gasteiger partial charge < -0.3 is 10.1 Å². The van der Waals surface area contributed by atoms with Gasteiger partial charge in [-0.1, -0.05) is 78.5 Å². The Morgan fingerprint density at radius 1 is 0.912 bits per heavy atom. The number of hydrogen-bond acceptors (Lipinski definition) is 7. The van der Waals surface area contributed by atoms with E-state index in [1.165, 1.54) is 23.1 Å². The summed E-state index contributed by atoms with van der Waals surface area (Å²) in [6.45, 7) is 0. The van der Waals surface area contributed by atoms with E-state index in [0.717, 1.165) is 27.2 Å². The minimum atomic E-state index is -0.144. The molecule has 0 radical (unpaired) electrons. The number of para-hydroxylation sites is 1. The molecule has 0 aliphatic rings. The van der Waals surface area contributed by atoms with Gasteiger partial charge in [-0.25, -0.2) is 15.0 Å². The fourth-order valence-electron chi connectivity index (χ4n) is 3.45. The number of thiazole rings is 1. The van der Waals surface area contributed by atoms with Crippen molar-refractivity contribution in [2.45, 2.75) is 5.03 Å². The second kappa shape index (κ2) is 10.0. The van der Waals surface area contributed by atoms with Crippen molar-refractivity contribution >= 4 is 45.0 Å². The number of nitrogens with one attached hydrogen (secondary N) is 1. The second-order valence-corrected chi connectivity index (χ2v) is 9.14. The number of benzene rings is 3. The van der Waals surface area contributed by atoms with Crippen LogP contribution in [0.15, 0.2) is 89.3 Å². The number of carbonyl (C=O) groups excluding carboxylic acids is 1. The molecule has 2 heterocycles. The largest absolute Gasteiger partial charge is 0.494 e. The zero-order valence-corrected chi connectivity index (χ0v) is 19.9. The highest BCUT2D eigenvalue weighted by Crippen LogP contribution is 2.33. The van der Waals surface area contributed by atoms with E-state index in [0.29, 0.717) is 22.2 Å². The van der Waals surface area contributed by atoms with Crippen LogP contribution in [0, 0.1) is 0 Å². The Balaban J connectivity index is 1.37. The summed E-state index contributed by atoms with van der Waals surface area (Å²) >= 11 is 2.77. The van der Waals surface area contributed by atoms with Crippen molar-refractivity contribution in [1.82, 2.24) is 15.0 Å². The number of methoxy groups -OCH3 is 1. The van der Waals surface area contributed by atoms with Gasteiger partial charge in [-0.2, -0.15) is 0 Å². The lowest BCUT2D eigenvalue weighted by molar-refractivity contribution is -0.113. The minimum Gasteiger partial charge on any atom is -0.494 e. The van der Waals surface area contributed by atoms with E-state index < -0.39 is 0 Å². The molecule has 3 aromatic carbocycles. The smallest absolute Gasteiger partial charge is 0.236 e. The molecule has 0 saturated heterocycles. The Morgan fingerprint density at radius 2 is 1.65 bits per heavy atom. The quantitative estimate of drug-likeness (QED) is 0.220. The van der Waals surface area contributed by atoms with E-state index in [4.69, 9.17) is 14.7 Å². The van der Waals surface area contributed by atoms with Gasteiger partial charge in [0.15, 0.2) is 11.0 Å². The lowest BCUT2D eigenvalue weighted by atomic mass is 10.2. The van der Waals surface area contributed by atoms with E-state index in [1.54, 1.807) is 7.11 Å². The maximum atomic E-state index is 12.7. The summed E-state index contributed by atoms with van der Waals surface area (Å²) in [7, 11) is 1.62. The summed E-state index contributed by atoms with van der Waals surface area (Å²) in [5.41, 5.74) is 3.48. The molecule has 0 spiro atoms. The van der Waals surface area contributed by atoms with Crippen molar-refractivity contribution < 1.29 is 9.53 Å². The van der Waals surface area contributed by atoms with Crippen LogP contribution in [0.2, 0.25) is 0 Å². The zero-order chi connectivity index (χ0) is 23.3. The molecule has 1 amide bonds. The van der Waals surface area contributed by atoms with Crippen LogP contribution < -0.4 is 10.1 Å². The summed E-state index contributed by atoms with van der Waals surface area (Å²) in [5.74, 6) is 1.31. The van der Waals surface area contributed by atoms with Gasteiger partial charge in [0.2, 0.25) is 5.91 Å². The van der Waals surface area contributed by atoms with Gasteiger partial charge in [-0.05, 0) is 12.1 Å². The molecule has 0 saturated carbocycles. The molecule has 5 aromatic rings. The first kappa shape index (κ1) is 22.1. The Bertz CT molecular complexity index is 1440. The van der Waals surface area contributed by atoms with Crippen LogP contribution in [0.4, 0.5) is 5.13 Å². The third-order valence-corrected chi connectivity index (χ3v) is 6.82. The number of anilines is 1. The maximum absolute atomic E-state index is 12.7. The van der Waals surface area contributed by atoms with Crippen LogP contribution in [0.5, 0.6) is 5.75 Å². The van der Waals surface area contributed by atoms with E-state index in [9.17, 15) is 4.79 Å². The summed E-state index contributed by atoms with van der Waals surface area (Å²) in [6, 6.07) is 25.4. The van der Waals surface area contributed by atoms with E-state index in [-0.39, 0.29) is 11.7 Å². The number of hydrogen-bond donors (Lipinski definition) is 1. The van der Waals surface area contributed by atoms with Gasteiger partial charge in [-0.3, -0.25) is 4.79 Å². The Hall–Kier alpha value is -3.75. The zero-order valence-electron chi connectivity index (χ0n) is 18.3. The lowest BCUT2D eigenvalue weighted by Gasteiger charge is -2.11. The first-order valence-electron chi connectivity index (χ1n) is 10.5. The number of rotatable bonds is 7. The van der Waals surface area contributed by atoms with Gasteiger partial charge in [-0.15, -0.1) is 11.3 Å². The fraction of sp³-hybridized carbons (Fsp3) is 0.0769. The van der Waals surface area contributed by atoms with Crippen LogP contribution in [-0.2, 0) is 4.79 Å². The maximum Gasteiger partial charge on any atom is 0.236 e. The highest BCUT2D eigenvalue weighted by Gasteiger charge is 2.15. The van der Waals surface area contributed by atoms with Gasteiger partial charge in [0.25, 0.3) is 0 Å². The summed E-state index contributed by atoms with van der Waals surface area (Å²) < 4.78 is 5.53. The van der Waals surface area contributed by atoms with Crippen LogP contribution in [-0.4, -0.2) is 33.7 Å². The number of aromatic nitrogens is 3. The Morgan fingerprint density at radius 3 is 2.38 bits per heavy atom. The van der Waals surface area contributed by atoms with Crippen molar-refractivity contribution in [1.29, 1.82) is 0 Å². The van der Waals surface area contributed by atoms with Gasteiger partial charge >= 0.3 is 0 Å². The fourth-order valence-corrected chi connectivity index (χ4v) is 5.00. The number of carbonyl (C=O) groups is 1. The molecule has 0 unspecified atom stereocenters. The van der Waals surface area contributed by atoms with Crippen molar-refractivity contribution in [2.75, 3.05) is 18.2 Å². The molecule has 168 valence electrons. The first-order valence-corrected chi connectivity index (χ1v) is 12.4. The molecule has 0 aliphatic heterocycles. The van der Waals surface area contributed by atoms with Crippen molar-refractivity contribution in [3.8, 4) is 28.4 Å². The molecule has 6 nitrogen and oxygen atoms in total. The molecular weight excluding hydrogens is 464 g/mol. The van der Waals surface area contributed by atoms with Gasteiger partial charge in [0.1, 0.15) is 16.3 Å². The van der Waals surface area contributed by atoms with Crippen LogP contribution >= 0.6 is 23.1 Å². The molecule has 8 heteroatoms. The SMILES string of the molecule is COc1cccc2c(SCC(=O)Nc3nc(-c4ccccc4)cs3)nc(-c3ccccc3)nc12. The van der Waals surface area contributed by atoms with Crippen molar-refractivity contribution in [3.63, 3.8) is 0 Å². The first-order chi connectivity index (χ1) is 16.7. The lowest BCUT2D eigenvalue weighted by Crippen LogP contribution is -2.14. The second-order valence-electron chi connectivity index (χ2n) is 7.32. The monoisotopic (exact) mass is 484 g/mol. The highest BCUT2D eigenvalue weighted by molar-refractivity contribution is 8.00. The van der Waals surface area contributed by atoms with Gasteiger partial charge in [0, 0.05) is 21.9 Å². The normalized spacial score (nSPS) is 10.9. The number of amides is 1. The van der Waals surface area contributed by atoms with Crippen LogP contribution in [0.1, 0.15) is 0 Å². The average molecular weight is 485 g/mol. The standard InChI is InChI=1S/C26H20N4O2S2/c1-32-21-14-8-13-19-23(21)29-24(18-11-6-3-7-12-18)30-25(19)33-16-22(31)28-26-27-20(15-34-26)17-9-4-2-5-10-17/h2-15H,16H2,1H3,(H,27,28,31). The van der Waals surface area contributed by atoms with E-state index >= 15 is 0 Å². The minimum absolute atomic E-state index is 0.144. The summed E-state index contributed by atoms with van der Waals surface area (Å²) in [5, 5.41) is 6.98. The number of fused-ring (bicyclic) bond motifs is 1. The molecule has 0 atom stereocenters. The summed E-state index contributed by atoms with van der Waals surface area (Å²) in [4.78, 5) is 26.8. The van der Waals surface area contributed by atoms with Crippen LogP contribution in [0.25, 0.3) is 33.5 Å². The van der Waals surface area contributed by atoms with Crippen molar-refractivity contribution in [2.24, 2.45) is 0 Å². The number of nitrogens with zero attached hydrogens (tertiary/aromatic N) is 3. The third kappa shape index (κ3) is 4.78. The van der Waals surface area contributed by atoms with Crippen molar-refractivity contribution in [3.05, 3.63) is 84.2 Å². The molecular formula is C26H20N4O2S2. The molecule has 34 heavy (non-hydrogen) atoms. The molecule has 0 fully saturated rings. The topological polar surface area (TPSA) is 77.0 Å².